The van der Waals surface area contributed by atoms with Gasteiger partial charge in [0, 0.05) is 23.0 Å². The van der Waals surface area contributed by atoms with Crippen LogP contribution in [0.1, 0.15) is 46.4 Å². The zero-order valence-corrected chi connectivity index (χ0v) is 27.2. The summed E-state index contributed by atoms with van der Waals surface area (Å²) in [4.78, 5) is 28.5. The highest BCUT2D eigenvalue weighted by Gasteiger charge is 2.57. The summed E-state index contributed by atoms with van der Waals surface area (Å²) in [6.07, 6.45) is 13.6. The van der Waals surface area contributed by atoms with Crippen molar-refractivity contribution in [1.29, 1.82) is 0 Å². The van der Waals surface area contributed by atoms with Crippen LogP contribution in [0.15, 0.2) is 151 Å². The van der Waals surface area contributed by atoms with Gasteiger partial charge in [0.05, 0.1) is 12.1 Å². The molecule has 0 saturated heterocycles. The summed E-state index contributed by atoms with van der Waals surface area (Å²) in [5, 5.41) is 10.5. The molecule has 0 aliphatic heterocycles. The van der Waals surface area contributed by atoms with Gasteiger partial charge in [-0.2, -0.15) is 0 Å². The molecule has 4 nitrogen and oxygen atoms in total. The van der Waals surface area contributed by atoms with Crippen molar-refractivity contribution in [3.63, 3.8) is 0 Å². The first-order chi connectivity index (χ1) is 23.2. The molecule has 0 heterocycles. The minimum absolute atomic E-state index is 0.0682. The molecule has 1 saturated carbocycles. The summed E-state index contributed by atoms with van der Waals surface area (Å²) in [7, 11) is -0.969. The molecule has 0 radical (unpaired) electrons. The number of hydrogen-bond donors (Lipinski definition) is 2. The van der Waals surface area contributed by atoms with E-state index in [9.17, 15) is 9.59 Å². The van der Waals surface area contributed by atoms with Crippen molar-refractivity contribution >= 4 is 35.6 Å². The van der Waals surface area contributed by atoms with Gasteiger partial charge in [-0.05, 0) is 85.1 Å². The van der Waals surface area contributed by atoms with E-state index in [-0.39, 0.29) is 35.7 Å². The molecule has 234 valence electrons. The SMILES string of the molecule is O=C(N[C@@H]1C2C3=C(CCC=C3)C(C3C=CCCC32)[C@H]1NC(=O)c1ccccc1P(c1ccccc1)c1ccccc1)c1ccccc1. The molecule has 0 aromatic heterocycles. The van der Waals surface area contributed by atoms with Crippen LogP contribution in [0.4, 0.5) is 0 Å². The number of nitrogens with one attached hydrogen (secondary N) is 2. The quantitative estimate of drug-likeness (QED) is 0.173. The monoisotopic (exact) mass is 634 g/mol. The lowest BCUT2D eigenvalue weighted by molar-refractivity contribution is 0.0416. The smallest absolute Gasteiger partial charge is 0.252 e. The van der Waals surface area contributed by atoms with Crippen LogP contribution in [0.3, 0.4) is 0 Å². The molecule has 4 aromatic rings. The Kier molecular flexibility index (Phi) is 8.21. The van der Waals surface area contributed by atoms with Gasteiger partial charge in [-0.15, -0.1) is 0 Å². The van der Waals surface area contributed by atoms with E-state index in [1.807, 2.05) is 60.7 Å². The molecule has 9 rings (SSSR count). The second-order valence-electron chi connectivity index (χ2n) is 13.1. The Morgan fingerprint density at radius 3 is 1.98 bits per heavy atom. The van der Waals surface area contributed by atoms with Gasteiger partial charge in [0.1, 0.15) is 0 Å². The summed E-state index contributed by atoms with van der Waals surface area (Å²) >= 11 is 0. The van der Waals surface area contributed by atoms with E-state index in [1.54, 1.807) is 0 Å². The molecule has 6 atom stereocenters. The van der Waals surface area contributed by atoms with E-state index in [0.717, 1.165) is 31.0 Å². The molecule has 4 aromatic carbocycles. The molecule has 1 fully saturated rings. The second-order valence-corrected chi connectivity index (χ2v) is 15.3. The number of amides is 2. The van der Waals surface area contributed by atoms with Crippen LogP contribution in [0.25, 0.3) is 0 Å². The van der Waals surface area contributed by atoms with Crippen molar-refractivity contribution in [3.05, 3.63) is 162 Å². The molecule has 4 unspecified atom stereocenters. The van der Waals surface area contributed by atoms with Crippen molar-refractivity contribution in [2.75, 3.05) is 0 Å². The van der Waals surface area contributed by atoms with E-state index in [4.69, 9.17) is 0 Å². The Morgan fingerprint density at radius 2 is 1.26 bits per heavy atom. The highest BCUT2D eigenvalue weighted by atomic mass is 31.1. The highest BCUT2D eigenvalue weighted by molar-refractivity contribution is 7.80. The van der Waals surface area contributed by atoms with E-state index in [1.165, 1.54) is 21.8 Å². The van der Waals surface area contributed by atoms with Crippen LogP contribution in [0, 0.1) is 23.7 Å². The largest absolute Gasteiger partial charge is 0.347 e. The first-order valence-corrected chi connectivity index (χ1v) is 18.3. The fourth-order valence-electron chi connectivity index (χ4n) is 8.75. The number of hydrogen-bond acceptors (Lipinski definition) is 2. The lowest BCUT2D eigenvalue weighted by Crippen LogP contribution is -2.68. The molecule has 5 aliphatic rings. The molecule has 5 aliphatic carbocycles. The predicted molar refractivity (Wildman–Crippen MR) is 192 cm³/mol. The minimum atomic E-state index is -0.969. The van der Waals surface area contributed by atoms with Crippen LogP contribution >= 0.6 is 7.92 Å². The average Bonchev–Trinajstić information content (AvgIpc) is 3.14. The van der Waals surface area contributed by atoms with E-state index in [2.05, 4.69) is 89.5 Å². The fraction of sp³-hybridized carbons (Fsp3) is 0.238. The van der Waals surface area contributed by atoms with Gasteiger partial charge < -0.3 is 10.6 Å². The third-order valence-electron chi connectivity index (χ3n) is 10.6. The minimum Gasteiger partial charge on any atom is -0.347 e. The Hall–Kier alpha value is -4.53. The molecule has 5 heteroatoms. The number of fused-ring (bicyclic) bond motifs is 1. The fourth-order valence-corrected chi connectivity index (χ4v) is 11.2. The zero-order chi connectivity index (χ0) is 31.7. The van der Waals surface area contributed by atoms with Gasteiger partial charge in [0.15, 0.2) is 0 Å². The van der Waals surface area contributed by atoms with Crippen LogP contribution in [-0.4, -0.2) is 23.9 Å². The number of rotatable bonds is 7. The number of carbonyl (C=O) groups is 2. The van der Waals surface area contributed by atoms with Crippen LogP contribution < -0.4 is 26.5 Å². The first kappa shape index (κ1) is 29.8. The zero-order valence-electron chi connectivity index (χ0n) is 26.3. The van der Waals surface area contributed by atoms with Gasteiger partial charge in [-0.25, -0.2) is 0 Å². The molecule has 0 spiro atoms. The second kappa shape index (κ2) is 12.9. The van der Waals surface area contributed by atoms with E-state index >= 15 is 0 Å². The summed E-state index contributed by atoms with van der Waals surface area (Å²) in [6.45, 7) is 0. The molecular formula is C42H39N2O2P. The van der Waals surface area contributed by atoms with E-state index in [0.29, 0.717) is 23.0 Å². The van der Waals surface area contributed by atoms with E-state index < -0.39 is 7.92 Å². The van der Waals surface area contributed by atoms with Gasteiger partial charge in [0.2, 0.25) is 0 Å². The van der Waals surface area contributed by atoms with Crippen molar-refractivity contribution in [2.24, 2.45) is 23.7 Å². The number of allylic oxidation sites excluding steroid dienone is 4. The lowest BCUT2D eigenvalue weighted by atomic mass is 9.49. The molecule has 47 heavy (non-hydrogen) atoms. The summed E-state index contributed by atoms with van der Waals surface area (Å²) < 4.78 is 0. The Labute approximate surface area is 278 Å². The lowest BCUT2D eigenvalue weighted by Gasteiger charge is -2.59. The van der Waals surface area contributed by atoms with Gasteiger partial charge >= 0.3 is 0 Å². The van der Waals surface area contributed by atoms with Crippen LogP contribution in [0.5, 0.6) is 0 Å². The maximum absolute atomic E-state index is 14.7. The third-order valence-corrected chi connectivity index (χ3v) is 13.1. The standard InChI is InChI=1S/C42H39N2O2P/c45-41(28-16-4-1-5-17-28)43-39-37-31-22-10-12-24-33(31)38(34-25-13-11-23-32(34)37)40(39)44-42(46)35-26-14-15-27-36(35)47(29-18-6-2-7-19-29)30-20-8-3-9-21-30/h1-10,13-22,25-27,32,34,37-40H,11-12,23-24H2,(H,43,45)(H,44,46)/t32?,34?,37?,38?,39-,40-/m1/s1. The number of benzene rings is 4. The predicted octanol–water partition coefficient (Wildman–Crippen LogP) is 6.83. The molecule has 2 bridgehead atoms. The maximum Gasteiger partial charge on any atom is 0.252 e. The van der Waals surface area contributed by atoms with Gasteiger partial charge in [-0.3, -0.25) is 9.59 Å². The summed E-state index contributed by atoms with van der Waals surface area (Å²) in [6, 6.07) is 38.2. The topological polar surface area (TPSA) is 58.2 Å². The van der Waals surface area contributed by atoms with Crippen molar-refractivity contribution in [2.45, 2.75) is 37.8 Å². The molecule has 2 N–H and O–H groups in total. The summed E-state index contributed by atoms with van der Waals surface area (Å²) in [5.41, 5.74) is 4.23. The first-order valence-electron chi connectivity index (χ1n) is 16.9. The molecular weight excluding hydrogens is 595 g/mol. The highest BCUT2D eigenvalue weighted by Crippen LogP contribution is 2.57. The Morgan fingerprint density at radius 1 is 0.638 bits per heavy atom. The van der Waals surface area contributed by atoms with Crippen molar-refractivity contribution in [1.82, 2.24) is 10.6 Å². The molecule has 2 amide bonds. The maximum atomic E-state index is 14.7. The van der Waals surface area contributed by atoms with Crippen molar-refractivity contribution in [3.8, 4) is 0 Å². The Balaban J connectivity index is 1.20. The Bertz CT molecular complexity index is 1830. The number of carbonyl (C=O) groups excluding carboxylic acids is 2. The van der Waals surface area contributed by atoms with Gasteiger partial charge in [-0.1, -0.05) is 127 Å². The van der Waals surface area contributed by atoms with Gasteiger partial charge in [0.25, 0.3) is 11.8 Å². The summed E-state index contributed by atoms with van der Waals surface area (Å²) in [5.74, 6) is 0.946. The van der Waals surface area contributed by atoms with Crippen LogP contribution in [0.2, 0.25) is 0 Å². The van der Waals surface area contributed by atoms with Crippen molar-refractivity contribution < 1.29 is 9.59 Å². The third kappa shape index (κ3) is 5.49. The average molecular weight is 635 g/mol. The normalized spacial score (nSPS) is 25.6. The van der Waals surface area contributed by atoms with Crippen LogP contribution in [-0.2, 0) is 0 Å².